The van der Waals surface area contributed by atoms with E-state index >= 15 is 0 Å². The van der Waals surface area contributed by atoms with Crippen LogP contribution in [0.4, 0.5) is 0 Å². The van der Waals surface area contributed by atoms with Crippen molar-refractivity contribution >= 4 is 7.60 Å². The van der Waals surface area contributed by atoms with Crippen LogP contribution in [0.3, 0.4) is 0 Å². The van der Waals surface area contributed by atoms with Crippen molar-refractivity contribution in [2.24, 2.45) is 5.73 Å². The minimum absolute atomic E-state index is 0.154. The Kier molecular flexibility index (Phi) is 6.48. The first kappa shape index (κ1) is 17.8. The van der Waals surface area contributed by atoms with Gasteiger partial charge >= 0.3 is 7.60 Å². The molecule has 0 aliphatic rings. The first-order valence-electron chi connectivity index (χ1n) is 6.52. The smallest absolute Gasteiger partial charge is 0.351 e. The molecule has 1 aromatic carbocycles. The van der Waals surface area contributed by atoms with Crippen molar-refractivity contribution < 1.29 is 28.2 Å². The quantitative estimate of drug-likeness (QED) is 0.710. The molecule has 0 saturated carbocycles. The fraction of sp³-hybridized carbons (Fsp3) is 0.538. The van der Waals surface area contributed by atoms with Gasteiger partial charge < -0.3 is 29.4 Å². The molecule has 0 spiro atoms. The minimum Gasteiger partial charge on any atom is -0.502 e. The summed E-state index contributed by atoms with van der Waals surface area (Å²) in [7, 11) is -0.728. The van der Waals surface area contributed by atoms with Crippen LogP contribution in [0.5, 0.6) is 17.2 Å². The van der Waals surface area contributed by atoms with Crippen molar-refractivity contribution in [1.29, 1.82) is 0 Å². The van der Waals surface area contributed by atoms with Crippen LogP contribution in [0.25, 0.3) is 0 Å². The van der Waals surface area contributed by atoms with E-state index in [4.69, 9.17) is 24.3 Å². The van der Waals surface area contributed by atoms with Gasteiger partial charge in [0.25, 0.3) is 0 Å². The highest BCUT2D eigenvalue weighted by Crippen LogP contribution is 2.59. The summed E-state index contributed by atoms with van der Waals surface area (Å²) in [6, 6.07) is 2.96. The second-order valence-corrected chi connectivity index (χ2v) is 6.25. The number of phenols is 1. The van der Waals surface area contributed by atoms with E-state index in [1.54, 1.807) is 13.8 Å². The molecule has 0 aliphatic carbocycles. The van der Waals surface area contributed by atoms with E-state index in [0.29, 0.717) is 5.56 Å². The van der Waals surface area contributed by atoms with E-state index in [1.807, 2.05) is 0 Å². The zero-order valence-corrected chi connectivity index (χ0v) is 13.6. The number of methoxy groups -OCH3 is 2. The highest BCUT2D eigenvalue weighted by molar-refractivity contribution is 7.54. The number of benzene rings is 1. The average Bonchev–Trinajstić information content (AvgIpc) is 2.47. The van der Waals surface area contributed by atoms with Gasteiger partial charge in [0, 0.05) is 0 Å². The summed E-state index contributed by atoms with van der Waals surface area (Å²) < 4.78 is 33.2. The average molecular weight is 319 g/mol. The van der Waals surface area contributed by atoms with Crippen LogP contribution in [-0.4, -0.2) is 32.5 Å². The molecule has 0 aliphatic heterocycles. The van der Waals surface area contributed by atoms with E-state index in [9.17, 15) is 9.67 Å². The van der Waals surface area contributed by atoms with Crippen molar-refractivity contribution in [3.63, 3.8) is 0 Å². The molecule has 0 amide bonds. The SMILES string of the molecule is CCOP(=O)(OCC)[C@H](N)c1cc(OC)c(O)c(OC)c1. The van der Waals surface area contributed by atoms with Crippen molar-refractivity contribution in [3.05, 3.63) is 17.7 Å². The molecule has 0 fully saturated rings. The van der Waals surface area contributed by atoms with Crippen molar-refractivity contribution in [1.82, 2.24) is 0 Å². The van der Waals surface area contributed by atoms with E-state index in [1.165, 1.54) is 26.4 Å². The number of hydrogen-bond acceptors (Lipinski definition) is 7. The fourth-order valence-corrected chi connectivity index (χ4v) is 3.45. The number of phenolic OH excluding ortho intramolecular Hbond substituents is 1. The van der Waals surface area contributed by atoms with Crippen molar-refractivity contribution in [3.8, 4) is 17.2 Å². The molecule has 0 unspecified atom stereocenters. The highest BCUT2D eigenvalue weighted by Gasteiger charge is 2.35. The van der Waals surface area contributed by atoms with E-state index in [2.05, 4.69) is 0 Å². The van der Waals surface area contributed by atoms with Gasteiger partial charge in [-0.05, 0) is 31.5 Å². The Bertz CT molecular complexity index is 486. The molecule has 1 aromatic rings. The molecule has 8 heteroatoms. The lowest BCUT2D eigenvalue weighted by molar-refractivity contribution is 0.212. The molecule has 21 heavy (non-hydrogen) atoms. The molecule has 0 heterocycles. The Morgan fingerprint density at radius 2 is 1.57 bits per heavy atom. The van der Waals surface area contributed by atoms with Gasteiger partial charge in [0.05, 0.1) is 27.4 Å². The van der Waals surface area contributed by atoms with Crippen LogP contribution in [0.15, 0.2) is 12.1 Å². The zero-order valence-electron chi connectivity index (χ0n) is 12.7. The van der Waals surface area contributed by atoms with Crippen LogP contribution in [0, 0.1) is 0 Å². The van der Waals surface area contributed by atoms with E-state index in [-0.39, 0.29) is 30.5 Å². The van der Waals surface area contributed by atoms with E-state index < -0.39 is 13.4 Å². The predicted molar refractivity (Wildman–Crippen MR) is 79.0 cm³/mol. The molecule has 1 rings (SSSR count). The number of hydrogen-bond donors (Lipinski definition) is 2. The Morgan fingerprint density at radius 1 is 1.14 bits per heavy atom. The lowest BCUT2D eigenvalue weighted by Crippen LogP contribution is -2.15. The first-order valence-corrected chi connectivity index (χ1v) is 8.13. The normalized spacial score (nSPS) is 13.0. The summed E-state index contributed by atoms with van der Waals surface area (Å²) in [5.41, 5.74) is 6.46. The summed E-state index contributed by atoms with van der Waals surface area (Å²) >= 11 is 0. The van der Waals surface area contributed by atoms with Gasteiger partial charge in [0.2, 0.25) is 5.75 Å². The van der Waals surface area contributed by atoms with Gasteiger partial charge in [0.15, 0.2) is 11.5 Å². The van der Waals surface area contributed by atoms with Gasteiger partial charge in [0.1, 0.15) is 5.78 Å². The zero-order chi connectivity index (χ0) is 16.0. The Hall–Kier alpha value is -1.27. The monoisotopic (exact) mass is 319 g/mol. The van der Waals surface area contributed by atoms with Gasteiger partial charge in [-0.15, -0.1) is 0 Å². The van der Waals surface area contributed by atoms with Crippen LogP contribution >= 0.6 is 7.60 Å². The molecule has 0 bridgehead atoms. The Labute approximate surface area is 124 Å². The molecule has 0 saturated heterocycles. The fourth-order valence-electron chi connectivity index (χ4n) is 1.82. The number of aromatic hydroxyl groups is 1. The standard InChI is InChI=1S/C13H22NO6P/c1-5-19-21(16,20-6-2)13(14)9-7-10(17-3)12(15)11(8-9)18-4/h7-8,13,15H,5-6,14H2,1-4H3/t13-/m0/s1. The summed E-state index contributed by atoms with van der Waals surface area (Å²) in [4.78, 5) is 0. The van der Waals surface area contributed by atoms with Gasteiger partial charge in [-0.3, -0.25) is 4.57 Å². The lowest BCUT2D eigenvalue weighted by atomic mass is 10.2. The molecular formula is C13H22NO6P. The third-order valence-corrected chi connectivity index (χ3v) is 5.02. The number of nitrogens with two attached hydrogens (primary N) is 1. The largest absolute Gasteiger partial charge is 0.502 e. The number of rotatable bonds is 8. The van der Waals surface area contributed by atoms with Crippen molar-refractivity contribution in [2.75, 3.05) is 27.4 Å². The lowest BCUT2D eigenvalue weighted by Gasteiger charge is -2.24. The highest BCUT2D eigenvalue weighted by atomic mass is 31.2. The second kappa shape index (κ2) is 7.66. The van der Waals surface area contributed by atoms with Crippen LogP contribution in [-0.2, 0) is 13.6 Å². The van der Waals surface area contributed by atoms with Gasteiger partial charge in [-0.1, -0.05) is 0 Å². The van der Waals surface area contributed by atoms with Gasteiger partial charge in [-0.2, -0.15) is 0 Å². The molecule has 0 radical (unpaired) electrons. The van der Waals surface area contributed by atoms with Gasteiger partial charge in [-0.25, -0.2) is 0 Å². The van der Waals surface area contributed by atoms with Crippen LogP contribution in [0.2, 0.25) is 0 Å². The summed E-state index contributed by atoms with van der Waals surface area (Å²) in [5, 5.41) is 9.88. The maximum atomic E-state index is 12.7. The van der Waals surface area contributed by atoms with E-state index in [0.717, 1.165) is 0 Å². The Morgan fingerprint density at radius 3 is 1.90 bits per heavy atom. The third-order valence-electron chi connectivity index (χ3n) is 2.80. The van der Waals surface area contributed by atoms with Crippen LogP contribution in [0.1, 0.15) is 25.2 Å². The molecule has 0 aromatic heterocycles. The molecule has 7 nitrogen and oxygen atoms in total. The first-order chi connectivity index (χ1) is 9.93. The predicted octanol–water partition coefficient (Wildman–Crippen LogP) is 2.63. The Balaban J connectivity index is 3.27. The van der Waals surface area contributed by atoms with Crippen molar-refractivity contribution in [2.45, 2.75) is 19.6 Å². The summed E-state index contributed by atoms with van der Waals surface area (Å²) in [6.45, 7) is 3.82. The maximum Gasteiger partial charge on any atom is 0.351 e. The molecule has 1 atom stereocenters. The molecule has 3 N–H and O–H groups in total. The third kappa shape index (κ3) is 3.89. The molecular weight excluding hydrogens is 297 g/mol. The minimum atomic E-state index is -3.52. The topological polar surface area (TPSA) is 100 Å². The maximum absolute atomic E-state index is 12.7. The summed E-state index contributed by atoms with van der Waals surface area (Å²) in [5.74, 6) is -0.835. The van der Waals surface area contributed by atoms with Crippen LogP contribution < -0.4 is 15.2 Å². The second-order valence-electron chi connectivity index (χ2n) is 4.09. The molecule has 120 valence electrons. The number of ether oxygens (including phenoxy) is 2. The summed E-state index contributed by atoms with van der Waals surface area (Å²) in [6.07, 6.45) is 0.